The molecule has 5 nitrogen and oxygen atoms in total. The molecule has 0 unspecified atom stereocenters. The maximum absolute atomic E-state index is 13.2. The second-order valence-electron chi connectivity index (χ2n) is 6.65. The number of carbonyl (C=O) groups is 1. The number of likely N-dealkylation sites (N-methyl/N-ethyl adjacent to an activating group) is 1. The zero-order valence-electron chi connectivity index (χ0n) is 15.7. The lowest BCUT2D eigenvalue weighted by Crippen LogP contribution is -2.37. The van der Waals surface area contributed by atoms with Crippen LogP contribution in [0.2, 0.25) is 0 Å². The minimum Gasteiger partial charge on any atom is -0.333 e. The smallest absolute Gasteiger partial charge is 0.257 e. The second kappa shape index (κ2) is 9.28. The lowest BCUT2D eigenvalue weighted by Gasteiger charge is -2.25. The molecule has 1 aromatic heterocycles. The van der Waals surface area contributed by atoms with Crippen LogP contribution in [0.5, 0.6) is 0 Å². The number of carbonyl (C=O) groups excluding carboxylic acids is 1. The molecular formula is C20H28N4O. The summed E-state index contributed by atoms with van der Waals surface area (Å²) in [6, 6.07) is 8.33. The molecule has 134 valence electrons. The van der Waals surface area contributed by atoms with Gasteiger partial charge in [0.15, 0.2) is 0 Å². The molecule has 0 atom stereocenters. The Kier molecular flexibility index (Phi) is 7.07. The number of hydrogen-bond donors (Lipinski definition) is 0. The van der Waals surface area contributed by atoms with Gasteiger partial charge in [-0.05, 0) is 33.0 Å². The fourth-order valence-corrected chi connectivity index (χ4v) is 2.63. The monoisotopic (exact) mass is 340 g/mol. The Bertz CT molecular complexity index is 682. The number of benzene rings is 1. The van der Waals surface area contributed by atoms with Crippen LogP contribution in [0.3, 0.4) is 0 Å². The summed E-state index contributed by atoms with van der Waals surface area (Å²) in [5, 5.41) is 0. The van der Waals surface area contributed by atoms with Gasteiger partial charge in [0.25, 0.3) is 5.91 Å². The predicted molar refractivity (Wildman–Crippen MR) is 101 cm³/mol. The van der Waals surface area contributed by atoms with Crippen LogP contribution < -0.4 is 0 Å². The quantitative estimate of drug-likeness (QED) is 0.741. The number of aryl methyl sites for hydroxylation is 2. The zero-order valence-corrected chi connectivity index (χ0v) is 15.7. The molecule has 0 saturated carbocycles. The average Bonchev–Trinajstić information content (AvgIpc) is 2.60. The van der Waals surface area contributed by atoms with Crippen molar-refractivity contribution in [2.24, 2.45) is 0 Å². The van der Waals surface area contributed by atoms with E-state index in [2.05, 4.69) is 53.0 Å². The zero-order chi connectivity index (χ0) is 18.2. The number of aromatic nitrogens is 2. The molecule has 0 aliphatic heterocycles. The van der Waals surface area contributed by atoms with Crippen LogP contribution in [0.1, 0.15) is 40.5 Å². The lowest BCUT2D eigenvalue weighted by atomic mass is 10.1. The molecule has 0 spiro atoms. The van der Waals surface area contributed by atoms with Crippen LogP contribution in [0.25, 0.3) is 0 Å². The largest absolute Gasteiger partial charge is 0.333 e. The normalized spacial score (nSPS) is 10.9. The Morgan fingerprint density at radius 1 is 1.12 bits per heavy atom. The first-order valence-corrected chi connectivity index (χ1v) is 8.79. The molecule has 0 N–H and O–H groups in total. The molecule has 0 saturated heterocycles. The van der Waals surface area contributed by atoms with Crippen LogP contribution >= 0.6 is 0 Å². The summed E-state index contributed by atoms with van der Waals surface area (Å²) in [6.07, 6.45) is 4.91. The minimum absolute atomic E-state index is 0.00600. The number of amides is 1. The van der Waals surface area contributed by atoms with Crippen molar-refractivity contribution in [2.75, 3.05) is 27.2 Å². The van der Waals surface area contributed by atoms with Crippen LogP contribution in [0.15, 0.2) is 36.8 Å². The van der Waals surface area contributed by atoms with Crippen molar-refractivity contribution in [3.05, 3.63) is 59.2 Å². The fourth-order valence-electron chi connectivity index (χ4n) is 2.63. The predicted octanol–water partition coefficient (Wildman–Crippen LogP) is 2.94. The van der Waals surface area contributed by atoms with Gasteiger partial charge < -0.3 is 9.80 Å². The van der Waals surface area contributed by atoms with E-state index in [1.165, 1.54) is 11.9 Å². The highest BCUT2D eigenvalue weighted by atomic mass is 16.2. The summed E-state index contributed by atoms with van der Waals surface area (Å²) in [6.45, 7) is 6.23. The summed E-state index contributed by atoms with van der Waals surface area (Å²) < 4.78 is 0. The Hall–Kier alpha value is -2.27. The molecule has 0 fully saturated rings. The fraction of sp³-hybridized carbons (Fsp3) is 0.450. The molecule has 0 bridgehead atoms. The van der Waals surface area contributed by atoms with Gasteiger partial charge in [0.2, 0.25) is 0 Å². The second-order valence-corrected chi connectivity index (χ2v) is 6.65. The first-order valence-electron chi connectivity index (χ1n) is 8.79. The van der Waals surface area contributed by atoms with Crippen molar-refractivity contribution in [1.82, 2.24) is 19.8 Å². The Labute approximate surface area is 150 Å². The number of rotatable bonds is 8. The Balaban J connectivity index is 2.24. The third-order valence-corrected chi connectivity index (χ3v) is 4.11. The van der Waals surface area contributed by atoms with Gasteiger partial charge in [0, 0.05) is 25.8 Å². The molecule has 25 heavy (non-hydrogen) atoms. The third kappa shape index (κ3) is 5.64. The van der Waals surface area contributed by atoms with E-state index < -0.39 is 0 Å². The summed E-state index contributed by atoms with van der Waals surface area (Å²) in [7, 11) is 4.03. The molecule has 2 rings (SSSR count). The van der Waals surface area contributed by atoms with Gasteiger partial charge >= 0.3 is 0 Å². The highest BCUT2D eigenvalue weighted by Crippen LogP contribution is 2.14. The molecule has 0 aliphatic rings. The molecule has 1 amide bonds. The summed E-state index contributed by atoms with van der Waals surface area (Å²) in [5.74, 6) is 0.00600. The third-order valence-electron chi connectivity index (χ3n) is 4.11. The molecule has 2 aromatic rings. The lowest BCUT2D eigenvalue weighted by molar-refractivity contribution is 0.0730. The highest BCUT2D eigenvalue weighted by Gasteiger charge is 2.20. The maximum atomic E-state index is 13.2. The van der Waals surface area contributed by atoms with E-state index in [9.17, 15) is 4.79 Å². The van der Waals surface area contributed by atoms with Crippen LogP contribution in [-0.4, -0.2) is 52.9 Å². The van der Waals surface area contributed by atoms with Crippen LogP contribution in [-0.2, 0) is 13.0 Å². The van der Waals surface area contributed by atoms with E-state index in [1.54, 1.807) is 6.20 Å². The van der Waals surface area contributed by atoms with E-state index in [0.29, 0.717) is 18.7 Å². The molecule has 5 heteroatoms. The van der Waals surface area contributed by atoms with Crippen molar-refractivity contribution in [3.63, 3.8) is 0 Å². The molecule has 1 aromatic carbocycles. The van der Waals surface area contributed by atoms with Crippen molar-refractivity contribution in [1.29, 1.82) is 0 Å². The van der Waals surface area contributed by atoms with Crippen molar-refractivity contribution in [2.45, 2.75) is 33.2 Å². The summed E-state index contributed by atoms with van der Waals surface area (Å²) >= 11 is 0. The standard InChI is InChI=1S/C20H28N4O/c1-5-6-19-18(13-21-15-22-19)20(25)24(12-11-23(3)4)14-17-9-7-16(2)8-10-17/h7-10,13,15H,5-6,11-12,14H2,1-4H3. The SMILES string of the molecule is CCCc1ncncc1C(=O)N(CCN(C)C)Cc1ccc(C)cc1. The number of hydrogen-bond acceptors (Lipinski definition) is 4. The molecule has 0 radical (unpaired) electrons. The van der Waals surface area contributed by atoms with Crippen molar-refractivity contribution >= 4 is 5.91 Å². The van der Waals surface area contributed by atoms with Gasteiger partial charge in [-0.3, -0.25) is 4.79 Å². The van der Waals surface area contributed by atoms with Crippen molar-refractivity contribution < 1.29 is 4.79 Å². The Morgan fingerprint density at radius 3 is 2.48 bits per heavy atom. The van der Waals surface area contributed by atoms with Gasteiger partial charge in [-0.1, -0.05) is 43.2 Å². The Morgan fingerprint density at radius 2 is 1.84 bits per heavy atom. The van der Waals surface area contributed by atoms with E-state index in [0.717, 1.165) is 30.6 Å². The maximum Gasteiger partial charge on any atom is 0.257 e. The minimum atomic E-state index is 0.00600. The van der Waals surface area contributed by atoms with Gasteiger partial charge in [0.1, 0.15) is 6.33 Å². The van der Waals surface area contributed by atoms with Gasteiger partial charge in [-0.25, -0.2) is 9.97 Å². The summed E-state index contributed by atoms with van der Waals surface area (Å²) in [4.78, 5) is 25.5. The van der Waals surface area contributed by atoms with Crippen molar-refractivity contribution in [3.8, 4) is 0 Å². The molecular weight excluding hydrogens is 312 g/mol. The van der Waals surface area contributed by atoms with Gasteiger partial charge in [-0.15, -0.1) is 0 Å². The average molecular weight is 340 g/mol. The van der Waals surface area contributed by atoms with E-state index in [1.807, 2.05) is 19.0 Å². The highest BCUT2D eigenvalue weighted by molar-refractivity contribution is 5.95. The topological polar surface area (TPSA) is 49.3 Å². The van der Waals surface area contributed by atoms with E-state index >= 15 is 0 Å². The van der Waals surface area contributed by atoms with Crippen LogP contribution in [0.4, 0.5) is 0 Å². The van der Waals surface area contributed by atoms with Gasteiger partial charge in [0.05, 0.1) is 11.3 Å². The first-order chi connectivity index (χ1) is 12.0. The van der Waals surface area contributed by atoms with E-state index in [-0.39, 0.29) is 5.91 Å². The first kappa shape index (κ1) is 19.1. The molecule has 1 heterocycles. The van der Waals surface area contributed by atoms with E-state index in [4.69, 9.17) is 0 Å². The van der Waals surface area contributed by atoms with Crippen LogP contribution in [0, 0.1) is 6.92 Å². The summed E-state index contributed by atoms with van der Waals surface area (Å²) in [5.41, 5.74) is 3.81. The molecule has 0 aliphatic carbocycles. The number of nitrogens with zero attached hydrogens (tertiary/aromatic N) is 4. The van der Waals surface area contributed by atoms with Gasteiger partial charge in [-0.2, -0.15) is 0 Å².